The maximum Gasteiger partial charge on any atom is 0.356 e. The van der Waals surface area contributed by atoms with Gasteiger partial charge in [0.25, 0.3) is 0 Å². The Morgan fingerprint density at radius 2 is 1.92 bits per heavy atom. The molecular weight excluding hydrogens is 355 g/mol. The number of esters is 1. The fraction of sp³-hybridized carbons (Fsp3) is 0.250. The van der Waals surface area contributed by atoms with E-state index in [1.54, 1.807) is 6.92 Å². The predicted octanol–water partition coefficient (Wildman–Crippen LogP) is 3.45. The van der Waals surface area contributed by atoms with Gasteiger partial charge in [0.05, 0.1) is 11.6 Å². The molecule has 0 saturated carbocycles. The first-order valence-corrected chi connectivity index (χ1v) is 7.83. The smallest absolute Gasteiger partial charge is 0.356 e. The Labute approximate surface area is 148 Å². The molecule has 0 bridgehead atoms. The van der Waals surface area contributed by atoms with Crippen molar-refractivity contribution in [2.75, 3.05) is 6.61 Å². The van der Waals surface area contributed by atoms with Crippen LogP contribution in [0.25, 0.3) is 0 Å². The number of hydrogen-bond donors (Lipinski definition) is 0. The third-order valence-electron chi connectivity index (χ3n) is 3.15. The van der Waals surface area contributed by atoms with Gasteiger partial charge in [0.15, 0.2) is 11.6 Å². The summed E-state index contributed by atoms with van der Waals surface area (Å²) in [6.45, 7) is 2.88. The highest BCUT2D eigenvalue weighted by molar-refractivity contribution is 6.36. The lowest BCUT2D eigenvalue weighted by molar-refractivity contribution is 0.0512. The first kappa shape index (κ1) is 18.2. The summed E-state index contributed by atoms with van der Waals surface area (Å²) in [5.41, 5.74) is 0.351. The standard InChI is InChI=1S/C16H14Cl2N2O4/c1-3-24-16(23)14-7-13(9(2)21)19-20(14)8-15(22)11-5-4-10(17)6-12(11)18/h4-7H,3,8H2,1-2H3. The van der Waals surface area contributed by atoms with Gasteiger partial charge in [-0.05, 0) is 25.1 Å². The number of nitrogens with zero attached hydrogens (tertiary/aromatic N) is 2. The van der Waals surface area contributed by atoms with E-state index in [1.807, 2.05) is 0 Å². The molecule has 0 spiro atoms. The lowest BCUT2D eigenvalue weighted by Crippen LogP contribution is -2.18. The molecule has 0 atom stereocenters. The van der Waals surface area contributed by atoms with E-state index in [0.29, 0.717) is 5.02 Å². The van der Waals surface area contributed by atoms with Crippen molar-refractivity contribution in [2.24, 2.45) is 0 Å². The Hall–Kier alpha value is -2.18. The van der Waals surface area contributed by atoms with Gasteiger partial charge in [-0.3, -0.25) is 9.59 Å². The van der Waals surface area contributed by atoms with E-state index in [1.165, 1.54) is 31.2 Å². The minimum absolute atomic E-state index is 0.0282. The van der Waals surface area contributed by atoms with Gasteiger partial charge in [0, 0.05) is 23.6 Å². The predicted molar refractivity (Wildman–Crippen MR) is 89.0 cm³/mol. The first-order chi connectivity index (χ1) is 11.3. The zero-order valence-electron chi connectivity index (χ0n) is 13.0. The maximum atomic E-state index is 12.4. The number of aromatic nitrogens is 2. The highest BCUT2D eigenvalue weighted by atomic mass is 35.5. The third-order valence-corrected chi connectivity index (χ3v) is 3.70. The van der Waals surface area contributed by atoms with Crippen LogP contribution in [0.3, 0.4) is 0 Å². The SMILES string of the molecule is CCOC(=O)c1cc(C(C)=O)nn1CC(=O)c1ccc(Cl)cc1Cl. The van der Waals surface area contributed by atoms with Crippen molar-refractivity contribution in [1.82, 2.24) is 9.78 Å². The average Bonchev–Trinajstić information content (AvgIpc) is 2.91. The van der Waals surface area contributed by atoms with E-state index in [9.17, 15) is 14.4 Å². The molecule has 2 aromatic rings. The molecule has 8 heteroatoms. The zero-order valence-corrected chi connectivity index (χ0v) is 14.5. The van der Waals surface area contributed by atoms with Gasteiger partial charge >= 0.3 is 5.97 Å². The topological polar surface area (TPSA) is 78.3 Å². The van der Waals surface area contributed by atoms with E-state index in [0.717, 1.165) is 4.68 Å². The fourth-order valence-electron chi connectivity index (χ4n) is 2.02. The fourth-order valence-corrected chi connectivity index (χ4v) is 2.53. The Kier molecular flexibility index (Phi) is 5.75. The lowest BCUT2D eigenvalue weighted by Gasteiger charge is -2.07. The van der Waals surface area contributed by atoms with Gasteiger partial charge in [-0.25, -0.2) is 9.48 Å². The molecule has 0 amide bonds. The molecule has 0 unspecified atom stereocenters. The van der Waals surface area contributed by atoms with Crippen molar-refractivity contribution in [3.63, 3.8) is 0 Å². The summed E-state index contributed by atoms with van der Waals surface area (Å²) in [6.07, 6.45) is 0. The van der Waals surface area contributed by atoms with E-state index >= 15 is 0 Å². The van der Waals surface area contributed by atoms with Gasteiger partial charge in [0.1, 0.15) is 17.9 Å². The van der Waals surface area contributed by atoms with Crippen molar-refractivity contribution in [3.8, 4) is 0 Å². The molecule has 0 N–H and O–H groups in total. The summed E-state index contributed by atoms with van der Waals surface area (Å²) in [4.78, 5) is 35.9. The molecule has 0 fully saturated rings. The van der Waals surface area contributed by atoms with Crippen molar-refractivity contribution >= 4 is 40.7 Å². The van der Waals surface area contributed by atoms with Gasteiger partial charge in [-0.2, -0.15) is 5.10 Å². The molecule has 0 saturated heterocycles. The number of Topliss-reactive ketones (excluding diaryl/α,β-unsaturated/α-hetero) is 2. The number of hydrogen-bond acceptors (Lipinski definition) is 5. The summed E-state index contributed by atoms with van der Waals surface area (Å²) in [7, 11) is 0. The van der Waals surface area contributed by atoms with Crippen LogP contribution >= 0.6 is 23.2 Å². The Morgan fingerprint density at radius 1 is 1.21 bits per heavy atom. The Bertz CT molecular complexity index is 814. The number of ether oxygens (including phenoxy) is 1. The van der Waals surface area contributed by atoms with Crippen LogP contribution in [-0.2, 0) is 11.3 Å². The van der Waals surface area contributed by atoms with Crippen LogP contribution in [-0.4, -0.2) is 33.9 Å². The van der Waals surface area contributed by atoms with E-state index in [4.69, 9.17) is 27.9 Å². The normalized spacial score (nSPS) is 10.5. The minimum Gasteiger partial charge on any atom is -0.461 e. The van der Waals surface area contributed by atoms with Gasteiger partial charge in [-0.15, -0.1) is 0 Å². The number of halogens is 2. The molecule has 0 aliphatic rings. The third kappa shape index (κ3) is 4.01. The molecule has 0 aliphatic carbocycles. The largest absolute Gasteiger partial charge is 0.461 e. The maximum absolute atomic E-state index is 12.4. The van der Waals surface area contributed by atoms with Crippen molar-refractivity contribution in [2.45, 2.75) is 20.4 Å². The average molecular weight is 369 g/mol. The summed E-state index contributed by atoms with van der Waals surface area (Å²) < 4.78 is 6.06. The highest BCUT2D eigenvalue weighted by Gasteiger charge is 2.21. The second-order valence-electron chi connectivity index (χ2n) is 4.90. The summed E-state index contributed by atoms with van der Waals surface area (Å²) >= 11 is 11.8. The monoisotopic (exact) mass is 368 g/mol. The minimum atomic E-state index is -0.660. The number of carbonyl (C=O) groups is 3. The van der Waals surface area contributed by atoms with Gasteiger partial charge in [0.2, 0.25) is 0 Å². The van der Waals surface area contributed by atoms with E-state index in [-0.39, 0.29) is 46.7 Å². The summed E-state index contributed by atoms with van der Waals surface area (Å²) in [6, 6.07) is 5.78. The van der Waals surface area contributed by atoms with Crippen molar-refractivity contribution in [1.29, 1.82) is 0 Å². The van der Waals surface area contributed by atoms with Crippen LogP contribution in [0.15, 0.2) is 24.3 Å². The second kappa shape index (κ2) is 7.59. The molecule has 1 aromatic heterocycles. The number of benzene rings is 1. The number of carbonyl (C=O) groups excluding carboxylic acids is 3. The van der Waals surface area contributed by atoms with Crippen molar-refractivity contribution < 1.29 is 19.1 Å². The van der Waals surface area contributed by atoms with Crippen LogP contribution in [0.5, 0.6) is 0 Å². The van der Waals surface area contributed by atoms with Crippen LogP contribution in [0.2, 0.25) is 10.0 Å². The zero-order chi connectivity index (χ0) is 17.9. The first-order valence-electron chi connectivity index (χ1n) is 7.07. The summed E-state index contributed by atoms with van der Waals surface area (Å²) in [5, 5.41) is 4.60. The summed E-state index contributed by atoms with van der Waals surface area (Å²) in [5.74, 6) is -1.36. The van der Waals surface area contributed by atoms with Gasteiger partial charge < -0.3 is 4.74 Å². The second-order valence-corrected chi connectivity index (χ2v) is 5.74. The van der Waals surface area contributed by atoms with Gasteiger partial charge in [-0.1, -0.05) is 23.2 Å². The van der Waals surface area contributed by atoms with Crippen LogP contribution in [0, 0.1) is 0 Å². The molecule has 126 valence electrons. The Morgan fingerprint density at radius 3 is 2.50 bits per heavy atom. The molecule has 0 radical (unpaired) electrons. The van der Waals surface area contributed by atoms with Crippen LogP contribution < -0.4 is 0 Å². The molecule has 0 aliphatic heterocycles. The molecule has 1 heterocycles. The van der Waals surface area contributed by atoms with Crippen molar-refractivity contribution in [3.05, 3.63) is 51.3 Å². The Balaban J connectivity index is 2.35. The molecule has 1 aromatic carbocycles. The van der Waals surface area contributed by atoms with E-state index in [2.05, 4.69) is 5.10 Å². The molecular formula is C16H14Cl2N2O4. The quantitative estimate of drug-likeness (QED) is 0.576. The number of rotatable bonds is 6. The highest BCUT2D eigenvalue weighted by Crippen LogP contribution is 2.22. The number of ketones is 2. The molecule has 2 rings (SSSR count). The lowest BCUT2D eigenvalue weighted by atomic mass is 10.1. The molecule has 6 nitrogen and oxygen atoms in total. The van der Waals surface area contributed by atoms with E-state index < -0.39 is 5.97 Å². The van der Waals surface area contributed by atoms with Crippen LogP contribution in [0.4, 0.5) is 0 Å². The van der Waals surface area contributed by atoms with Crippen LogP contribution in [0.1, 0.15) is 45.2 Å². The molecule has 24 heavy (non-hydrogen) atoms.